The number of pyridine rings is 1. The molecule has 0 aliphatic carbocycles. The van der Waals surface area contributed by atoms with E-state index in [0.29, 0.717) is 11.5 Å². The Morgan fingerprint density at radius 1 is 1.31 bits per heavy atom. The van der Waals surface area contributed by atoms with Gasteiger partial charge in [-0.25, -0.2) is 0 Å². The van der Waals surface area contributed by atoms with Crippen LogP contribution in [0.2, 0.25) is 0 Å². The lowest BCUT2D eigenvalue weighted by Crippen LogP contribution is -1.91. The SMILES string of the molecule is OCc1ccc(Br)cc1Oc1cccnc1. The Labute approximate surface area is 102 Å². The van der Waals surface area contributed by atoms with E-state index in [2.05, 4.69) is 20.9 Å². The third kappa shape index (κ3) is 2.59. The summed E-state index contributed by atoms with van der Waals surface area (Å²) in [7, 11) is 0. The first-order valence-electron chi connectivity index (χ1n) is 4.77. The van der Waals surface area contributed by atoms with Crippen LogP contribution in [-0.2, 0) is 6.61 Å². The second-order valence-corrected chi connectivity index (χ2v) is 4.12. The van der Waals surface area contributed by atoms with Crippen molar-refractivity contribution >= 4 is 15.9 Å². The van der Waals surface area contributed by atoms with E-state index in [1.54, 1.807) is 18.5 Å². The van der Waals surface area contributed by atoms with E-state index in [0.717, 1.165) is 10.0 Å². The molecule has 1 aromatic heterocycles. The van der Waals surface area contributed by atoms with Crippen LogP contribution in [0.25, 0.3) is 0 Å². The van der Waals surface area contributed by atoms with Gasteiger partial charge in [0.2, 0.25) is 0 Å². The van der Waals surface area contributed by atoms with Crippen LogP contribution in [0.1, 0.15) is 5.56 Å². The molecule has 2 rings (SSSR count). The van der Waals surface area contributed by atoms with Crippen molar-refractivity contribution in [3.05, 3.63) is 52.8 Å². The molecule has 0 amide bonds. The molecular weight excluding hydrogens is 270 g/mol. The summed E-state index contributed by atoms with van der Waals surface area (Å²) in [6.07, 6.45) is 3.31. The molecule has 0 saturated heterocycles. The Morgan fingerprint density at radius 2 is 2.19 bits per heavy atom. The van der Waals surface area contributed by atoms with Gasteiger partial charge in [0.05, 0.1) is 12.8 Å². The van der Waals surface area contributed by atoms with E-state index in [1.165, 1.54) is 0 Å². The summed E-state index contributed by atoms with van der Waals surface area (Å²) in [5.41, 5.74) is 0.743. The van der Waals surface area contributed by atoms with Crippen LogP contribution in [0.3, 0.4) is 0 Å². The van der Waals surface area contributed by atoms with E-state index in [9.17, 15) is 5.11 Å². The first-order chi connectivity index (χ1) is 7.79. The van der Waals surface area contributed by atoms with E-state index < -0.39 is 0 Å². The summed E-state index contributed by atoms with van der Waals surface area (Å²) >= 11 is 3.36. The minimum absolute atomic E-state index is 0.0527. The lowest BCUT2D eigenvalue weighted by Gasteiger charge is -2.09. The van der Waals surface area contributed by atoms with Crippen LogP contribution in [0.15, 0.2) is 47.2 Å². The summed E-state index contributed by atoms with van der Waals surface area (Å²) in [5, 5.41) is 9.18. The van der Waals surface area contributed by atoms with Crippen molar-refractivity contribution in [3.8, 4) is 11.5 Å². The predicted molar refractivity (Wildman–Crippen MR) is 64.4 cm³/mol. The van der Waals surface area contributed by atoms with Crippen LogP contribution in [0.5, 0.6) is 11.5 Å². The van der Waals surface area contributed by atoms with E-state index in [-0.39, 0.29) is 6.61 Å². The maximum atomic E-state index is 9.18. The van der Waals surface area contributed by atoms with E-state index >= 15 is 0 Å². The van der Waals surface area contributed by atoms with Crippen LogP contribution in [0.4, 0.5) is 0 Å². The highest BCUT2D eigenvalue weighted by Crippen LogP contribution is 2.28. The van der Waals surface area contributed by atoms with Gasteiger partial charge in [-0.3, -0.25) is 4.98 Å². The minimum Gasteiger partial charge on any atom is -0.455 e. The van der Waals surface area contributed by atoms with Gasteiger partial charge in [-0.05, 0) is 24.3 Å². The van der Waals surface area contributed by atoms with Crippen molar-refractivity contribution in [3.63, 3.8) is 0 Å². The highest BCUT2D eigenvalue weighted by molar-refractivity contribution is 9.10. The molecule has 1 heterocycles. The van der Waals surface area contributed by atoms with Crippen molar-refractivity contribution in [2.24, 2.45) is 0 Å². The van der Waals surface area contributed by atoms with Gasteiger partial charge in [0.25, 0.3) is 0 Å². The van der Waals surface area contributed by atoms with Crippen LogP contribution < -0.4 is 4.74 Å². The molecule has 16 heavy (non-hydrogen) atoms. The fourth-order valence-corrected chi connectivity index (χ4v) is 1.63. The smallest absolute Gasteiger partial charge is 0.145 e. The second kappa shape index (κ2) is 5.09. The first kappa shape index (κ1) is 11.1. The Kier molecular flexibility index (Phi) is 3.54. The zero-order valence-electron chi connectivity index (χ0n) is 8.43. The van der Waals surface area contributed by atoms with Gasteiger partial charge in [-0.15, -0.1) is 0 Å². The Bertz CT molecular complexity index is 474. The molecule has 0 radical (unpaired) electrons. The number of benzene rings is 1. The summed E-state index contributed by atoms with van der Waals surface area (Å²) < 4.78 is 6.53. The fraction of sp³-hybridized carbons (Fsp3) is 0.0833. The largest absolute Gasteiger partial charge is 0.455 e. The molecular formula is C12H10BrNO2. The molecule has 82 valence electrons. The molecule has 4 heteroatoms. The molecule has 0 aliphatic heterocycles. The zero-order valence-corrected chi connectivity index (χ0v) is 10.0. The molecule has 0 unspecified atom stereocenters. The van der Waals surface area contributed by atoms with Gasteiger partial charge in [-0.2, -0.15) is 0 Å². The van der Waals surface area contributed by atoms with Gasteiger partial charge >= 0.3 is 0 Å². The van der Waals surface area contributed by atoms with Crippen LogP contribution in [0, 0.1) is 0 Å². The first-order valence-corrected chi connectivity index (χ1v) is 5.56. The number of ether oxygens (including phenoxy) is 1. The number of aromatic nitrogens is 1. The molecule has 0 atom stereocenters. The van der Waals surface area contributed by atoms with Gasteiger partial charge in [0.1, 0.15) is 11.5 Å². The Hall–Kier alpha value is -1.39. The van der Waals surface area contributed by atoms with Crippen molar-refractivity contribution < 1.29 is 9.84 Å². The number of rotatable bonds is 3. The molecule has 0 bridgehead atoms. The highest BCUT2D eigenvalue weighted by Gasteiger charge is 2.04. The number of aliphatic hydroxyl groups excluding tert-OH is 1. The number of hydrogen-bond donors (Lipinski definition) is 1. The Balaban J connectivity index is 2.30. The standard InChI is InChI=1S/C12H10BrNO2/c13-10-4-3-9(8-15)12(6-10)16-11-2-1-5-14-7-11/h1-7,15H,8H2. The quantitative estimate of drug-likeness (QED) is 0.939. The van der Waals surface area contributed by atoms with Gasteiger partial charge in [-0.1, -0.05) is 22.0 Å². The van der Waals surface area contributed by atoms with Crippen molar-refractivity contribution in [2.45, 2.75) is 6.61 Å². The third-order valence-electron chi connectivity index (χ3n) is 2.06. The maximum Gasteiger partial charge on any atom is 0.145 e. The maximum absolute atomic E-state index is 9.18. The molecule has 3 nitrogen and oxygen atoms in total. The monoisotopic (exact) mass is 279 g/mol. The number of nitrogens with zero attached hydrogens (tertiary/aromatic N) is 1. The van der Waals surface area contributed by atoms with Crippen molar-refractivity contribution in [1.82, 2.24) is 4.98 Å². The normalized spacial score (nSPS) is 10.1. The second-order valence-electron chi connectivity index (χ2n) is 3.20. The molecule has 1 N–H and O–H groups in total. The molecule has 0 saturated carbocycles. The molecule has 0 fully saturated rings. The molecule has 0 spiro atoms. The van der Waals surface area contributed by atoms with Gasteiger partial charge in [0.15, 0.2) is 0 Å². The van der Waals surface area contributed by atoms with Gasteiger partial charge in [0, 0.05) is 16.2 Å². The van der Waals surface area contributed by atoms with Gasteiger partial charge < -0.3 is 9.84 Å². The number of aliphatic hydroxyl groups is 1. The summed E-state index contributed by atoms with van der Waals surface area (Å²) in [4.78, 5) is 3.96. The summed E-state index contributed by atoms with van der Waals surface area (Å²) in [5.74, 6) is 1.28. The average Bonchev–Trinajstić information content (AvgIpc) is 2.31. The molecule has 1 aromatic carbocycles. The Morgan fingerprint density at radius 3 is 2.88 bits per heavy atom. The molecule has 0 aliphatic rings. The van der Waals surface area contributed by atoms with Crippen molar-refractivity contribution in [1.29, 1.82) is 0 Å². The van der Waals surface area contributed by atoms with E-state index in [1.807, 2.05) is 24.3 Å². The third-order valence-corrected chi connectivity index (χ3v) is 2.56. The summed E-state index contributed by atoms with van der Waals surface area (Å²) in [6.45, 7) is -0.0527. The van der Waals surface area contributed by atoms with E-state index in [4.69, 9.17) is 4.74 Å². The fourth-order valence-electron chi connectivity index (χ4n) is 1.29. The topological polar surface area (TPSA) is 42.4 Å². The number of halogens is 1. The highest BCUT2D eigenvalue weighted by atomic mass is 79.9. The lowest BCUT2D eigenvalue weighted by molar-refractivity contribution is 0.276. The minimum atomic E-state index is -0.0527. The van der Waals surface area contributed by atoms with Crippen molar-refractivity contribution in [2.75, 3.05) is 0 Å². The number of hydrogen-bond acceptors (Lipinski definition) is 3. The average molecular weight is 280 g/mol. The zero-order chi connectivity index (χ0) is 11.4. The molecule has 2 aromatic rings. The summed E-state index contributed by atoms with van der Waals surface area (Å²) in [6, 6.07) is 9.11. The predicted octanol–water partition coefficient (Wildman–Crippen LogP) is 3.13. The van der Waals surface area contributed by atoms with Crippen LogP contribution in [-0.4, -0.2) is 10.1 Å². The lowest BCUT2D eigenvalue weighted by atomic mass is 10.2. The van der Waals surface area contributed by atoms with Crippen LogP contribution >= 0.6 is 15.9 Å².